The van der Waals surface area contributed by atoms with Crippen molar-refractivity contribution in [2.24, 2.45) is 0 Å². The Morgan fingerprint density at radius 3 is 1.23 bits per heavy atom. The predicted octanol–water partition coefficient (Wildman–Crippen LogP) is 14.5. The summed E-state index contributed by atoms with van der Waals surface area (Å²) >= 11 is 4.61. The number of benzene rings is 1. The molecule has 0 radical (unpaired) electrons. The quantitative estimate of drug-likeness (QED) is 0.0400. The van der Waals surface area contributed by atoms with Crippen LogP contribution in [0.15, 0.2) is 36.4 Å². The Morgan fingerprint density at radius 1 is 0.526 bits per heavy atom. The van der Waals surface area contributed by atoms with Crippen molar-refractivity contribution in [3.05, 3.63) is 47.8 Å². The maximum absolute atomic E-state index is 12.8. The van der Waals surface area contributed by atoms with Gasteiger partial charge in [-0.25, -0.2) is 9.59 Å². The van der Waals surface area contributed by atoms with Gasteiger partial charge in [-0.1, -0.05) is 142 Å². The first-order chi connectivity index (χ1) is 28.0. The molecule has 0 N–H and O–H groups in total. The summed E-state index contributed by atoms with van der Waals surface area (Å²) in [7, 11) is 2.92. The third-order valence-electron chi connectivity index (χ3n) is 11.4. The van der Waals surface area contributed by atoms with E-state index >= 15 is 0 Å². The second kappa shape index (κ2) is 22.0. The van der Waals surface area contributed by atoms with Gasteiger partial charge < -0.3 is 18.6 Å². The van der Waals surface area contributed by atoms with Crippen molar-refractivity contribution in [2.75, 3.05) is 14.2 Å². The molecule has 0 atom stereocenters. The molecule has 1 aromatic carbocycles. The zero-order valence-corrected chi connectivity index (χ0v) is 37.1. The number of ether oxygens (including phenoxy) is 2. The van der Waals surface area contributed by atoms with E-state index in [9.17, 15) is 9.59 Å². The number of aromatic nitrogens is 4. The van der Waals surface area contributed by atoms with Gasteiger partial charge in [0, 0.05) is 34.0 Å². The molecule has 8 nitrogen and oxygen atoms in total. The minimum atomic E-state index is -0.291. The molecule has 0 aliphatic heterocycles. The lowest BCUT2D eigenvalue weighted by molar-refractivity contribution is 0.0580. The summed E-state index contributed by atoms with van der Waals surface area (Å²) in [6.45, 7) is 6.11. The van der Waals surface area contributed by atoms with E-state index < -0.39 is 0 Å². The van der Waals surface area contributed by atoms with Gasteiger partial charge in [0.25, 0.3) is 0 Å². The standard InChI is InChI=1S/C46H62N4O4S3/c1-5-7-9-11-13-15-17-19-21-23-27-49-35-29-39(55-41(35)31-37(49)45(51)53-3)33-25-26-34(44-43(33)47-57-48-44)40-30-36-42(56-40)32-38(46(52)54-4)50(36)28-24-22-20-18-16-14-12-10-8-6-2/h25-26,29-32H,5-24,27-28H2,1-4H3. The fraction of sp³-hybridized carbons (Fsp3) is 0.565. The molecule has 0 saturated heterocycles. The lowest BCUT2D eigenvalue weighted by atomic mass is 10.1. The van der Waals surface area contributed by atoms with E-state index in [1.54, 1.807) is 22.7 Å². The van der Waals surface area contributed by atoms with Crippen molar-refractivity contribution in [2.45, 2.75) is 155 Å². The normalized spacial score (nSPS) is 11.8. The highest BCUT2D eigenvalue weighted by molar-refractivity contribution is 7.22. The van der Waals surface area contributed by atoms with Gasteiger partial charge in [-0.05, 0) is 37.1 Å². The molecule has 0 aliphatic rings. The third-order valence-corrected chi connectivity index (χ3v) is 14.1. The van der Waals surface area contributed by atoms with Gasteiger partial charge in [-0.2, -0.15) is 8.75 Å². The summed E-state index contributed by atoms with van der Waals surface area (Å²) in [5, 5.41) is 0. The van der Waals surface area contributed by atoms with Gasteiger partial charge in [0.05, 0.1) is 46.4 Å². The van der Waals surface area contributed by atoms with Crippen LogP contribution in [-0.4, -0.2) is 44.0 Å². The average Bonchev–Trinajstić information content (AvgIpc) is 4.06. The summed E-state index contributed by atoms with van der Waals surface area (Å²) < 4.78 is 26.5. The monoisotopic (exact) mass is 830 g/mol. The molecule has 0 amide bonds. The van der Waals surface area contributed by atoms with Gasteiger partial charge in [0.2, 0.25) is 0 Å². The number of esters is 2. The molecule has 0 spiro atoms. The first kappa shape index (κ1) is 43.0. The molecule has 0 fully saturated rings. The van der Waals surface area contributed by atoms with Crippen molar-refractivity contribution in [1.82, 2.24) is 17.9 Å². The Bertz CT molecular complexity index is 2040. The minimum Gasteiger partial charge on any atom is -0.464 e. The number of carbonyl (C=O) groups is 2. The number of thiophene rings is 2. The van der Waals surface area contributed by atoms with Crippen molar-refractivity contribution in [3.63, 3.8) is 0 Å². The van der Waals surface area contributed by atoms with E-state index in [-0.39, 0.29) is 11.9 Å². The van der Waals surface area contributed by atoms with Crippen molar-refractivity contribution >= 4 is 77.8 Å². The molecule has 6 rings (SSSR count). The number of fused-ring (bicyclic) bond motifs is 3. The highest BCUT2D eigenvalue weighted by Gasteiger charge is 2.23. The molecule has 57 heavy (non-hydrogen) atoms. The minimum absolute atomic E-state index is 0.291. The molecule has 6 aromatic rings. The molecular weight excluding hydrogens is 769 g/mol. The molecule has 5 heterocycles. The fourth-order valence-corrected chi connectivity index (χ4v) is 11.0. The van der Waals surface area contributed by atoms with Crippen molar-refractivity contribution in [1.29, 1.82) is 0 Å². The summed E-state index contributed by atoms with van der Waals surface area (Å²) in [4.78, 5) is 27.9. The summed E-state index contributed by atoms with van der Waals surface area (Å²) in [6, 6.07) is 12.7. The van der Waals surface area contributed by atoms with Crippen LogP contribution < -0.4 is 0 Å². The highest BCUT2D eigenvalue weighted by atomic mass is 32.1. The summed E-state index contributed by atoms with van der Waals surface area (Å²) in [5.41, 5.74) is 7.24. The number of methoxy groups -OCH3 is 2. The largest absolute Gasteiger partial charge is 0.464 e. The van der Waals surface area contributed by atoms with Gasteiger partial charge in [-0.15, -0.1) is 22.7 Å². The summed E-state index contributed by atoms with van der Waals surface area (Å²) in [6.07, 6.45) is 25.4. The number of nitrogens with zero attached hydrogens (tertiary/aromatic N) is 4. The maximum atomic E-state index is 12.8. The van der Waals surface area contributed by atoms with Crippen LogP contribution in [0.1, 0.15) is 163 Å². The van der Waals surface area contributed by atoms with Gasteiger partial charge >= 0.3 is 11.9 Å². The zero-order chi connectivity index (χ0) is 40.0. The predicted molar refractivity (Wildman–Crippen MR) is 241 cm³/mol. The molecule has 5 aromatic heterocycles. The van der Waals surface area contributed by atoms with E-state index in [1.165, 1.54) is 129 Å². The van der Waals surface area contributed by atoms with Crippen molar-refractivity contribution < 1.29 is 19.1 Å². The first-order valence-corrected chi connectivity index (χ1v) is 24.0. The zero-order valence-electron chi connectivity index (χ0n) is 34.7. The van der Waals surface area contributed by atoms with Crippen LogP contribution >= 0.6 is 34.4 Å². The molecule has 11 heteroatoms. The van der Waals surface area contributed by atoms with Gasteiger partial charge in [0.15, 0.2) is 0 Å². The van der Waals surface area contributed by atoms with Gasteiger partial charge in [0.1, 0.15) is 22.4 Å². The van der Waals surface area contributed by atoms with Crippen LogP contribution in [0.4, 0.5) is 0 Å². The third kappa shape index (κ3) is 10.8. The smallest absolute Gasteiger partial charge is 0.354 e. The molecule has 308 valence electrons. The average molecular weight is 831 g/mol. The SMILES string of the molecule is CCCCCCCCCCCCn1c(C(=O)OC)cc2sc(-c3ccc(-c4cc5c(cc(C(=O)OC)n5CCCCCCCCCCCC)s4)c4nsnc34)cc21. The van der Waals surface area contributed by atoms with Crippen LogP contribution in [0.3, 0.4) is 0 Å². The summed E-state index contributed by atoms with van der Waals surface area (Å²) in [5.74, 6) is -0.582. The van der Waals surface area contributed by atoms with E-state index in [4.69, 9.17) is 18.2 Å². The lowest BCUT2D eigenvalue weighted by Gasteiger charge is -2.09. The molecule has 0 bridgehead atoms. The number of rotatable bonds is 26. The van der Waals surface area contributed by atoms with Crippen LogP contribution in [0, 0.1) is 0 Å². The van der Waals surface area contributed by atoms with Crippen LogP contribution in [0.5, 0.6) is 0 Å². The number of hydrogen-bond donors (Lipinski definition) is 0. The van der Waals surface area contributed by atoms with E-state index in [0.717, 1.165) is 91.1 Å². The second-order valence-electron chi connectivity index (χ2n) is 15.6. The Balaban J connectivity index is 1.16. The molecule has 0 unspecified atom stereocenters. The fourth-order valence-electron chi connectivity index (χ4n) is 8.16. The topological polar surface area (TPSA) is 88.2 Å². The highest BCUT2D eigenvalue weighted by Crippen LogP contribution is 2.43. The number of hydrogen-bond acceptors (Lipinski definition) is 9. The lowest BCUT2D eigenvalue weighted by Crippen LogP contribution is -2.10. The number of unbranched alkanes of at least 4 members (excludes halogenated alkanes) is 18. The molecule has 0 saturated carbocycles. The Morgan fingerprint density at radius 2 is 0.877 bits per heavy atom. The Hall–Kier alpha value is -3.54. The Kier molecular flexibility index (Phi) is 16.6. The Labute approximate surface area is 351 Å². The second-order valence-corrected chi connectivity index (χ2v) is 18.2. The van der Waals surface area contributed by atoms with Gasteiger partial charge in [-0.3, -0.25) is 0 Å². The van der Waals surface area contributed by atoms with Crippen LogP contribution in [0.25, 0.3) is 52.3 Å². The van der Waals surface area contributed by atoms with E-state index in [2.05, 4.69) is 47.2 Å². The van der Waals surface area contributed by atoms with Crippen molar-refractivity contribution in [3.8, 4) is 20.9 Å². The van der Waals surface area contributed by atoms with E-state index in [0.29, 0.717) is 11.4 Å². The van der Waals surface area contributed by atoms with E-state index in [1.807, 2.05) is 12.1 Å². The first-order valence-electron chi connectivity index (χ1n) is 21.7. The number of carbonyl (C=O) groups excluding carboxylic acids is 2. The number of aryl methyl sites for hydroxylation is 2. The van der Waals surface area contributed by atoms with Crippen LogP contribution in [0.2, 0.25) is 0 Å². The molecular formula is C46H62N4O4S3. The molecule has 0 aliphatic carbocycles. The van der Waals surface area contributed by atoms with Crippen LogP contribution in [-0.2, 0) is 22.6 Å². The maximum Gasteiger partial charge on any atom is 0.354 e.